The SMILES string of the molecule is O=C(c1cn(CC2CC2)nn1)N1CCNCC1. The summed E-state index contributed by atoms with van der Waals surface area (Å²) in [4.78, 5) is 13.9. The maximum atomic E-state index is 12.1. The van der Waals surface area contributed by atoms with Crippen LogP contribution in [0.2, 0.25) is 0 Å². The van der Waals surface area contributed by atoms with Crippen LogP contribution in [0.25, 0.3) is 0 Å². The van der Waals surface area contributed by atoms with Crippen molar-refractivity contribution < 1.29 is 4.79 Å². The molecule has 0 atom stereocenters. The van der Waals surface area contributed by atoms with E-state index in [1.165, 1.54) is 12.8 Å². The van der Waals surface area contributed by atoms with E-state index >= 15 is 0 Å². The molecule has 2 heterocycles. The van der Waals surface area contributed by atoms with Crippen LogP contribution in [-0.4, -0.2) is 52.0 Å². The van der Waals surface area contributed by atoms with Crippen LogP contribution >= 0.6 is 0 Å². The zero-order chi connectivity index (χ0) is 11.7. The van der Waals surface area contributed by atoms with Crippen molar-refractivity contribution in [3.8, 4) is 0 Å². The van der Waals surface area contributed by atoms with Crippen LogP contribution in [-0.2, 0) is 6.54 Å². The predicted molar refractivity (Wildman–Crippen MR) is 61.5 cm³/mol. The molecule has 1 aliphatic carbocycles. The lowest BCUT2D eigenvalue weighted by molar-refractivity contribution is 0.0729. The largest absolute Gasteiger partial charge is 0.335 e. The molecule has 1 aliphatic heterocycles. The number of piperazine rings is 1. The standard InChI is InChI=1S/C11H17N5O/c17-11(15-5-3-12-4-6-15)10-8-16(14-13-10)7-9-1-2-9/h8-9,12H,1-7H2. The van der Waals surface area contributed by atoms with E-state index in [9.17, 15) is 4.79 Å². The highest BCUT2D eigenvalue weighted by atomic mass is 16.2. The Kier molecular flexibility index (Phi) is 2.80. The van der Waals surface area contributed by atoms with E-state index in [0.717, 1.165) is 38.6 Å². The number of hydrogen-bond acceptors (Lipinski definition) is 4. The zero-order valence-corrected chi connectivity index (χ0v) is 9.80. The lowest BCUT2D eigenvalue weighted by atomic mass is 10.3. The van der Waals surface area contributed by atoms with Crippen LogP contribution in [0.3, 0.4) is 0 Å². The molecule has 1 aromatic rings. The summed E-state index contributed by atoms with van der Waals surface area (Å²) in [7, 11) is 0. The third kappa shape index (κ3) is 2.46. The molecule has 1 amide bonds. The van der Waals surface area contributed by atoms with Gasteiger partial charge in [-0.3, -0.25) is 9.48 Å². The van der Waals surface area contributed by atoms with Crippen molar-refractivity contribution in [1.82, 2.24) is 25.2 Å². The fourth-order valence-corrected chi connectivity index (χ4v) is 2.08. The third-order valence-corrected chi connectivity index (χ3v) is 3.30. The fourth-order valence-electron chi connectivity index (χ4n) is 2.08. The summed E-state index contributed by atoms with van der Waals surface area (Å²) < 4.78 is 1.80. The lowest BCUT2D eigenvalue weighted by Gasteiger charge is -2.26. The first kappa shape index (κ1) is 10.7. The Balaban J connectivity index is 1.65. The van der Waals surface area contributed by atoms with E-state index in [4.69, 9.17) is 0 Å². The molecule has 3 rings (SSSR count). The Morgan fingerprint density at radius 3 is 2.88 bits per heavy atom. The molecule has 1 aromatic heterocycles. The number of rotatable bonds is 3. The first-order valence-electron chi connectivity index (χ1n) is 6.23. The molecule has 2 fully saturated rings. The maximum Gasteiger partial charge on any atom is 0.276 e. The normalized spacial score (nSPS) is 20.6. The molecule has 0 radical (unpaired) electrons. The molecule has 17 heavy (non-hydrogen) atoms. The van der Waals surface area contributed by atoms with E-state index in [0.29, 0.717) is 5.69 Å². The van der Waals surface area contributed by atoms with Crippen LogP contribution in [0.5, 0.6) is 0 Å². The zero-order valence-electron chi connectivity index (χ0n) is 9.80. The van der Waals surface area contributed by atoms with Crippen LogP contribution in [0, 0.1) is 5.92 Å². The van der Waals surface area contributed by atoms with Gasteiger partial charge >= 0.3 is 0 Å². The summed E-state index contributed by atoms with van der Waals surface area (Å²) in [5.74, 6) is 0.757. The van der Waals surface area contributed by atoms with Crippen molar-refractivity contribution in [3.63, 3.8) is 0 Å². The highest BCUT2D eigenvalue weighted by molar-refractivity contribution is 5.92. The average molecular weight is 235 g/mol. The Morgan fingerprint density at radius 1 is 1.41 bits per heavy atom. The quantitative estimate of drug-likeness (QED) is 0.783. The van der Waals surface area contributed by atoms with Gasteiger partial charge in [0, 0.05) is 32.7 Å². The molecule has 1 saturated heterocycles. The molecule has 0 bridgehead atoms. The number of nitrogens with one attached hydrogen (secondary N) is 1. The topological polar surface area (TPSA) is 63.1 Å². The van der Waals surface area contributed by atoms with Gasteiger partial charge in [-0.05, 0) is 18.8 Å². The third-order valence-electron chi connectivity index (χ3n) is 3.30. The van der Waals surface area contributed by atoms with Crippen molar-refractivity contribution >= 4 is 5.91 Å². The highest BCUT2D eigenvalue weighted by Gasteiger charge is 2.24. The summed E-state index contributed by atoms with van der Waals surface area (Å²) in [6.45, 7) is 4.15. The number of carbonyl (C=O) groups excluding carboxylic acids is 1. The van der Waals surface area contributed by atoms with Gasteiger partial charge in [-0.25, -0.2) is 0 Å². The van der Waals surface area contributed by atoms with E-state index in [2.05, 4.69) is 15.6 Å². The molecule has 2 aliphatic rings. The molecule has 1 saturated carbocycles. The van der Waals surface area contributed by atoms with Gasteiger partial charge in [-0.2, -0.15) is 0 Å². The summed E-state index contributed by atoms with van der Waals surface area (Å²) in [5, 5.41) is 11.2. The van der Waals surface area contributed by atoms with Gasteiger partial charge in [0.25, 0.3) is 5.91 Å². The van der Waals surface area contributed by atoms with Crippen LogP contribution in [0.4, 0.5) is 0 Å². The minimum atomic E-state index is 0.00791. The lowest BCUT2D eigenvalue weighted by Crippen LogP contribution is -2.46. The Hall–Kier alpha value is -1.43. The predicted octanol–water partition coefficient (Wildman–Crippen LogP) is -0.266. The number of hydrogen-bond donors (Lipinski definition) is 1. The van der Waals surface area contributed by atoms with Crippen molar-refractivity contribution in [2.24, 2.45) is 5.92 Å². The highest BCUT2D eigenvalue weighted by Crippen LogP contribution is 2.30. The fraction of sp³-hybridized carbons (Fsp3) is 0.727. The van der Waals surface area contributed by atoms with Crippen molar-refractivity contribution in [3.05, 3.63) is 11.9 Å². The second kappa shape index (κ2) is 4.44. The Bertz CT molecular complexity index is 406. The van der Waals surface area contributed by atoms with E-state index < -0.39 is 0 Å². The molecular weight excluding hydrogens is 218 g/mol. The Labute approximate surface area is 100.0 Å². The summed E-state index contributed by atoms with van der Waals surface area (Å²) >= 11 is 0. The van der Waals surface area contributed by atoms with Gasteiger partial charge in [0.2, 0.25) is 0 Å². The number of nitrogens with zero attached hydrogens (tertiary/aromatic N) is 4. The van der Waals surface area contributed by atoms with E-state index in [-0.39, 0.29) is 5.91 Å². The molecular formula is C11H17N5O. The minimum absolute atomic E-state index is 0.00791. The minimum Gasteiger partial charge on any atom is -0.335 e. The van der Waals surface area contributed by atoms with Crippen molar-refractivity contribution in [2.45, 2.75) is 19.4 Å². The summed E-state index contributed by atoms with van der Waals surface area (Å²) in [6, 6.07) is 0. The second-order valence-corrected chi connectivity index (χ2v) is 4.81. The number of carbonyl (C=O) groups is 1. The first-order valence-corrected chi connectivity index (χ1v) is 6.23. The number of amides is 1. The smallest absolute Gasteiger partial charge is 0.276 e. The van der Waals surface area contributed by atoms with Gasteiger partial charge in [-0.15, -0.1) is 5.10 Å². The molecule has 0 aromatic carbocycles. The molecule has 6 heteroatoms. The summed E-state index contributed by atoms with van der Waals surface area (Å²) in [5.41, 5.74) is 0.479. The summed E-state index contributed by atoms with van der Waals surface area (Å²) in [6.07, 6.45) is 4.34. The number of aromatic nitrogens is 3. The van der Waals surface area contributed by atoms with Crippen LogP contribution in [0.1, 0.15) is 23.3 Å². The molecule has 92 valence electrons. The van der Waals surface area contributed by atoms with Gasteiger partial charge in [-0.1, -0.05) is 5.21 Å². The molecule has 0 unspecified atom stereocenters. The van der Waals surface area contributed by atoms with Gasteiger partial charge in [0.15, 0.2) is 5.69 Å². The molecule has 6 nitrogen and oxygen atoms in total. The van der Waals surface area contributed by atoms with Crippen molar-refractivity contribution in [1.29, 1.82) is 0 Å². The maximum absolute atomic E-state index is 12.1. The average Bonchev–Trinajstić information content (AvgIpc) is 3.06. The molecule has 0 spiro atoms. The molecule has 1 N–H and O–H groups in total. The van der Waals surface area contributed by atoms with Gasteiger partial charge < -0.3 is 10.2 Å². The van der Waals surface area contributed by atoms with E-state index in [1.807, 2.05) is 4.90 Å². The van der Waals surface area contributed by atoms with Crippen LogP contribution < -0.4 is 5.32 Å². The monoisotopic (exact) mass is 235 g/mol. The van der Waals surface area contributed by atoms with Gasteiger partial charge in [0.05, 0.1) is 6.20 Å². The second-order valence-electron chi connectivity index (χ2n) is 4.81. The van der Waals surface area contributed by atoms with E-state index in [1.54, 1.807) is 10.9 Å². The van der Waals surface area contributed by atoms with Crippen molar-refractivity contribution in [2.75, 3.05) is 26.2 Å². The first-order chi connectivity index (χ1) is 8.33. The Morgan fingerprint density at radius 2 is 2.18 bits per heavy atom. The van der Waals surface area contributed by atoms with Crippen LogP contribution in [0.15, 0.2) is 6.20 Å². The van der Waals surface area contributed by atoms with Gasteiger partial charge in [0.1, 0.15) is 0 Å².